The van der Waals surface area contributed by atoms with E-state index in [9.17, 15) is 9.90 Å². The lowest BCUT2D eigenvalue weighted by atomic mass is 10.0. The van der Waals surface area contributed by atoms with E-state index in [2.05, 4.69) is 15.5 Å². The number of para-hydroxylation sites is 1. The second-order valence-electron chi connectivity index (χ2n) is 8.45. The van der Waals surface area contributed by atoms with Crippen LogP contribution in [0.4, 0.5) is 5.69 Å². The van der Waals surface area contributed by atoms with E-state index in [-0.39, 0.29) is 25.1 Å². The van der Waals surface area contributed by atoms with Crippen LogP contribution in [-0.4, -0.2) is 74.1 Å². The van der Waals surface area contributed by atoms with E-state index in [4.69, 9.17) is 37.4 Å². The fraction of sp³-hybridized carbons (Fsp3) is 0.458. The second-order valence-corrected chi connectivity index (χ2v) is 9.27. The largest absolute Gasteiger partial charge is 0.497 e. The number of carbonyl (C=O) groups is 1. The Kier molecular flexibility index (Phi) is 8.39. The van der Waals surface area contributed by atoms with Crippen molar-refractivity contribution in [2.75, 3.05) is 45.2 Å². The number of rotatable bonds is 8. The minimum absolute atomic E-state index is 0.149. The number of amides is 1. The molecule has 2 aliphatic rings. The highest BCUT2D eigenvalue weighted by molar-refractivity contribution is 6.39. The van der Waals surface area contributed by atoms with E-state index in [1.54, 1.807) is 43.5 Å². The first kappa shape index (κ1) is 24.9. The second kappa shape index (κ2) is 11.5. The Labute approximate surface area is 209 Å². The summed E-state index contributed by atoms with van der Waals surface area (Å²) in [5.41, 5.74) is 0.442. The SMILES string of the molecule is COc1ccc2c(c1)OCC(C(O)CNC1CCN(CC(=O)Nc3c(Cl)cccc3Cl)CC1)O2. The van der Waals surface area contributed by atoms with Crippen molar-refractivity contribution in [3.63, 3.8) is 0 Å². The molecule has 2 heterocycles. The summed E-state index contributed by atoms with van der Waals surface area (Å²) in [5.74, 6) is 1.76. The molecule has 3 N–H and O–H groups in total. The number of benzene rings is 2. The molecule has 8 nitrogen and oxygen atoms in total. The zero-order valence-electron chi connectivity index (χ0n) is 18.9. The van der Waals surface area contributed by atoms with Crippen molar-refractivity contribution >= 4 is 34.8 Å². The summed E-state index contributed by atoms with van der Waals surface area (Å²) >= 11 is 12.3. The summed E-state index contributed by atoms with van der Waals surface area (Å²) in [7, 11) is 1.60. The van der Waals surface area contributed by atoms with E-state index in [0.717, 1.165) is 25.9 Å². The first-order valence-electron chi connectivity index (χ1n) is 11.3. The number of hydrogen-bond acceptors (Lipinski definition) is 7. The van der Waals surface area contributed by atoms with Gasteiger partial charge in [-0.2, -0.15) is 0 Å². The quantitative estimate of drug-likeness (QED) is 0.503. The van der Waals surface area contributed by atoms with Crippen molar-refractivity contribution in [3.05, 3.63) is 46.4 Å². The number of carbonyl (C=O) groups excluding carboxylic acids is 1. The van der Waals surface area contributed by atoms with Crippen molar-refractivity contribution < 1.29 is 24.1 Å². The molecular formula is C24H29Cl2N3O5. The van der Waals surface area contributed by atoms with Gasteiger partial charge in [0.2, 0.25) is 5.91 Å². The van der Waals surface area contributed by atoms with Crippen LogP contribution >= 0.6 is 23.2 Å². The predicted octanol–water partition coefficient (Wildman–Crippen LogP) is 3.20. The number of nitrogens with zero attached hydrogens (tertiary/aromatic N) is 1. The first-order chi connectivity index (χ1) is 16.4. The van der Waals surface area contributed by atoms with Crippen molar-refractivity contribution in [3.8, 4) is 17.2 Å². The molecule has 0 aromatic heterocycles. The van der Waals surface area contributed by atoms with Gasteiger partial charge in [-0.05, 0) is 37.1 Å². The number of methoxy groups -OCH3 is 1. The van der Waals surface area contributed by atoms with Crippen LogP contribution in [0.15, 0.2) is 36.4 Å². The smallest absolute Gasteiger partial charge is 0.238 e. The summed E-state index contributed by atoms with van der Waals surface area (Å²) < 4.78 is 16.9. The van der Waals surface area contributed by atoms with E-state index in [0.29, 0.717) is 39.5 Å². The van der Waals surface area contributed by atoms with E-state index >= 15 is 0 Å². The lowest BCUT2D eigenvalue weighted by Gasteiger charge is -2.34. The van der Waals surface area contributed by atoms with Gasteiger partial charge in [-0.1, -0.05) is 29.3 Å². The highest BCUT2D eigenvalue weighted by Crippen LogP contribution is 2.35. The molecule has 2 aromatic rings. The van der Waals surface area contributed by atoms with Crippen LogP contribution in [0.2, 0.25) is 10.0 Å². The van der Waals surface area contributed by atoms with Crippen LogP contribution < -0.4 is 24.8 Å². The fourth-order valence-electron chi connectivity index (χ4n) is 4.10. The number of likely N-dealkylation sites (tertiary alicyclic amines) is 1. The standard InChI is InChI=1S/C24H29Cl2N3O5/c1-32-16-5-6-20-21(11-16)33-14-22(34-20)19(30)12-27-15-7-9-29(10-8-15)13-23(31)28-24-17(25)3-2-4-18(24)26/h2-6,11,15,19,22,27,30H,7-10,12-14H2,1H3,(H,28,31). The van der Waals surface area contributed by atoms with Crippen molar-refractivity contribution in [2.45, 2.75) is 31.1 Å². The summed E-state index contributed by atoms with van der Waals surface area (Å²) in [5, 5.41) is 17.7. The topological polar surface area (TPSA) is 92.3 Å². The lowest BCUT2D eigenvalue weighted by molar-refractivity contribution is -0.117. The van der Waals surface area contributed by atoms with Crippen molar-refractivity contribution in [2.24, 2.45) is 0 Å². The molecule has 1 saturated heterocycles. The van der Waals surface area contributed by atoms with E-state index in [1.807, 2.05) is 0 Å². The van der Waals surface area contributed by atoms with Crippen LogP contribution in [0.25, 0.3) is 0 Å². The number of piperidine rings is 1. The Bertz CT molecular complexity index is 980. The predicted molar refractivity (Wildman–Crippen MR) is 131 cm³/mol. The molecule has 2 atom stereocenters. The first-order valence-corrected chi connectivity index (χ1v) is 12.0. The van der Waals surface area contributed by atoms with Crippen molar-refractivity contribution in [1.29, 1.82) is 0 Å². The molecule has 184 valence electrons. The lowest BCUT2D eigenvalue weighted by Crippen LogP contribution is -2.50. The van der Waals surface area contributed by atoms with Crippen LogP contribution in [0.3, 0.4) is 0 Å². The molecule has 2 aliphatic heterocycles. The summed E-state index contributed by atoms with van der Waals surface area (Å²) in [4.78, 5) is 14.5. The maximum absolute atomic E-state index is 12.4. The molecule has 0 saturated carbocycles. The summed E-state index contributed by atoms with van der Waals surface area (Å²) in [6.45, 7) is 2.49. The van der Waals surface area contributed by atoms with E-state index < -0.39 is 12.2 Å². The molecule has 1 fully saturated rings. The van der Waals surface area contributed by atoms with Gasteiger partial charge in [0.1, 0.15) is 18.5 Å². The highest BCUT2D eigenvalue weighted by atomic mass is 35.5. The molecule has 4 rings (SSSR count). The third-order valence-electron chi connectivity index (χ3n) is 6.06. The van der Waals surface area contributed by atoms with Gasteiger partial charge < -0.3 is 30.0 Å². The van der Waals surface area contributed by atoms with Gasteiger partial charge in [0.05, 0.1) is 29.4 Å². The minimum atomic E-state index is -0.709. The average Bonchev–Trinajstić information content (AvgIpc) is 2.85. The number of ether oxygens (including phenoxy) is 3. The van der Waals surface area contributed by atoms with Crippen molar-refractivity contribution in [1.82, 2.24) is 10.2 Å². The number of fused-ring (bicyclic) bond motifs is 1. The molecule has 10 heteroatoms. The fourth-order valence-corrected chi connectivity index (χ4v) is 4.59. The number of aliphatic hydroxyl groups is 1. The number of aliphatic hydroxyl groups excluding tert-OH is 1. The zero-order valence-corrected chi connectivity index (χ0v) is 20.4. The maximum atomic E-state index is 12.4. The number of nitrogens with one attached hydrogen (secondary N) is 2. The number of anilines is 1. The highest BCUT2D eigenvalue weighted by Gasteiger charge is 2.29. The Morgan fingerprint density at radius 2 is 1.94 bits per heavy atom. The van der Waals surface area contributed by atoms with Gasteiger partial charge in [0, 0.05) is 31.7 Å². The van der Waals surface area contributed by atoms with Gasteiger partial charge >= 0.3 is 0 Å². The summed E-state index contributed by atoms with van der Waals surface area (Å²) in [6.07, 6.45) is 0.586. The Morgan fingerprint density at radius 3 is 2.65 bits per heavy atom. The molecule has 1 amide bonds. The van der Waals surface area contributed by atoms with Gasteiger partial charge in [0.25, 0.3) is 0 Å². The number of halogens is 2. The van der Waals surface area contributed by atoms with Gasteiger partial charge in [-0.25, -0.2) is 0 Å². The molecule has 0 spiro atoms. The molecule has 0 bridgehead atoms. The van der Waals surface area contributed by atoms with E-state index in [1.165, 1.54) is 0 Å². The van der Waals surface area contributed by atoms with Gasteiger partial charge in [-0.15, -0.1) is 0 Å². The average molecular weight is 510 g/mol. The molecule has 0 aliphatic carbocycles. The maximum Gasteiger partial charge on any atom is 0.238 e. The molecular weight excluding hydrogens is 481 g/mol. The number of hydrogen-bond donors (Lipinski definition) is 3. The Balaban J connectivity index is 1.17. The molecule has 2 unspecified atom stereocenters. The van der Waals surface area contributed by atoms with Crippen LogP contribution in [0.1, 0.15) is 12.8 Å². The van der Waals surface area contributed by atoms with Crippen LogP contribution in [-0.2, 0) is 4.79 Å². The monoisotopic (exact) mass is 509 g/mol. The van der Waals surface area contributed by atoms with Crippen LogP contribution in [0.5, 0.6) is 17.2 Å². The minimum Gasteiger partial charge on any atom is -0.497 e. The third kappa shape index (κ3) is 6.25. The third-order valence-corrected chi connectivity index (χ3v) is 6.69. The van der Waals surface area contributed by atoms with Gasteiger partial charge in [0.15, 0.2) is 17.6 Å². The Hall–Kier alpha value is -2.23. The Morgan fingerprint density at radius 1 is 1.21 bits per heavy atom. The summed E-state index contributed by atoms with van der Waals surface area (Å²) in [6, 6.07) is 10.7. The normalized spacial score (nSPS) is 19.5. The molecule has 2 aromatic carbocycles. The molecule has 0 radical (unpaired) electrons. The van der Waals surface area contributed by atoms with Crippen LogP contribution in [0, 0.1) is 0 Å². The van der Waals surface area contributed by atoms with Gasteiger partial charge in [-0.3, -0.25) is 9.69 Å². The molecule has 34 heavy (non-hydrogen) atoms. The zero-order chi connectivity index (χ0) is 24.1.